The number of nitrogens with two attached hydrogens (primary N) is 3. The van der Waals surface area contributed by atoms with E-state index in [-0.39, 0.29) is 35.3 Å². The Morgan fingerprint density at radius 2 is 2.08 bits per heavy atom. The van der Waals surface area contributed by atoms with Gasteiger partial charge in [-0.05, 0) is 30.5 Å². The lowest BCUT2D eigenvalue weighted by atomic mass is 10.1. The van der Waals surface area contributed by atoms with Crippen molar-refractivity contribution in [1.29, 1.82) is 0 Å². The quantitative estimate of drug-likeness (QED) is 0.741. The van der Waals surface area contributed by atoms with Gasteiger partial charge in [0.15, 0.2) is 11.5 Å². The predicted molar refractivity (Wildman–Crippen MR) is 89.6 cm³/mol. The maximum atomic E-state index is 14.7. The number of amides is 1. The second kappa shape index (κ2) is 6.88. The largest absolute Gasteiger partial charge is 0.491 e. The smallest absolute Gasteiger partial charge is 0.269 e. The second-order valence-corrected chi connectivity index (χ2v) is 5.64. The monoisotopic (exact) mass is 335 g/mol. The van der Waals surface area contributed by atoms with E-state index >= 15 is 0 Å². The average molecular weight is 335 g/mol. The van der Waals surface area contributed by atoms with Crippen LogP contribution in [0.4, 0.5) is 10.1 Å². The molecule has 0 aliphatic rings. The number of aromatic nitrogens is 2. The van der Waals surface area contributed by atoms with Gasteiger partial charge in [0, 0.05) is 6.54 Å². The molecule has 0 aliphatic heterocycles. The Morgan fingerprint density at radius 1 is 1.42 bits per heavy atom. The van der Waals surface area contributed by atoms with Gasteiger partial charge in [0.05, 0.1) is 18.0 Å². The fourth-order valence-corrected chi connectivity index (χ4v) is 2.49. The second-order valence-electron chi connectivity index (χ2n) is 5.64. The first-order valence-electron chi connectivity index (χ1n) is 7.65. The number of carbonyl (C=O) groups is 1. The van der Waals surface area contributed by atoms with Gasteiger partial charge in [-0.15, -0.1) is 0 Å². The number of nitrogens with zero attached hydrogens (tertiary/aromatic N) is 2. The van der Waals surface area contributed by atoms with Crippen molar-refractivity contribution < 1.29 is 13.9 Å². The zero-order valence-corrected chi connectivity index (χ0v) is 14.0. The molecule has 0 atom stereocenters. The minimum absolute atomic E-state index is 0.0125. The summed E-state index contributed by atoms with van der Waals surface area (Å²) in [6, 6.07) is 2.88. The Morgan fingerprint density at radius 3 is 2.58 bits per heavy atom. The SMILES string of the molecule is CCOc1cc(CN)cc(F)c1-n1nc(C(C)C)c(N)c1C(N)=O. The summed E-state index contributed by atoms with van der Waals surface area (Å²) in [6.07, 6.45) is 0. The first-order valence-corrected chi connectivity index (χ1v) is 7.65. The number of hydrogen-bond donors (Lipinski definition) is 3. The third-order valence-electron chi connectivity index (χ3n) is 3.57. The number of ether oxygens (including phenoxy) is 1. The molecule has 2 rings (SSSR count). The van der Waals surface area contributed by atoms with E-state index in [9.17, 15) is 9.18 Å². The zero-order valence-electron chi connectivity index (χ0n) is 14.0. The highest BCUT2D eigenvalue weighted by atomic mass is 19.1. The van der Waals surface area contributed by atoms with Crippen molar-refractivity contribution in [3.05, 3.63) is 34.9 Å². The van der Waals surface area contributed by atoms with Gasteiger partial charge in [-0.2, -0.15) is 5.10 Å². The first kappa shape index (κ1) is 17.7. The van der Waals surface area contributed by atoms with Gasteiger partial charge < -0.3 is 21.9 Å². The van der Waals surface area contributed by atoms with Crippen LogP contribution in [0, 0.1) is 5.82 Å². The van der Waals surface area contributed by atoms with Crippen LogP contribution in [0.1, 0.15) is 48.4 Å². The van der Waals surface area contributed by atoms with E-state index in [1.807, 2.05) is 13.8 Å². The van der Waals surface area contributed by atoms with Gasteiger partial charge in [-0.3, -0.25) is 4.79 Å². The van der Waals surface area contributed by atoms with E-state index in [0.717, 1.165) is 4.68 Å². The van der Waals surface area contributed by atoms with E-state index in [1.165, 1.54) is 6.07 Å². The van der Waals surface area contributed by atoms with E-state index in [1.54, 1.807) is 13.0 Å². The number of hydrogen-bond acceptors (Lipinski definition) is 5. The van der Waals surface area contributed by atoms with Crippen LogP contribution in [-0.4, -0.2) is 22.3 Å². The van der Waals surface area contributed by atoms with Crippen molar-refractivity contribution in [2.24, 2.45) is 11.5 Å². The number of anilines is 1. The molecular weight excluding hydrogens is 313 g/mol. The fraction of sp³-hybridized carbons (Fsp3) is 0.375. The average Bonchev–Trinajstić information content (AvgIpc) is 2.84. The van der Waals surface area contributed by atoms with Gasteiger partial charge in [0.1, 0.15) is 11.4 Å². The Balaban J connectivity index is 2.80. The molecule has 1 amide bonds. The van der Waals surface area contributed by atoms with Gasteiger partial charge in [-0.1, -0.05) is 13.8 Å². The molecule has 1 aromatic heterocycles. The molecule has 0 spiro atoms. The molecule has 0 bridgehead atoms. The zero-order chi connectivity index (χ0) is 18.0. The number of primary amides is 1. The number of halogens is 1. The maximum Gasteiger partial charge on any atom is 0.269 e. The van der Waals surface area contributed by atoms with Crippen LogP contribution < -0.4 is 21.9 Å². The van der Waals surface area contributed by atoms with Crippen LogP contribution in [0.5, 0.6) is 5.75 Å². The molecule has 24 heavy (non-hydrogen) atoms. The molecule has 7 nitrogen and oxygen atoms in total. The Kier molecular flexibility index (Phi) is 5.08. The Bertz CT molecular complexity index is 770. The maximum absolute atomic E-state index is 14.7. The molecule has 0 fully saturated rings. The van der Waals surface area contributed by atoms with Crippen LogP contribution in [0.2, 0.25) is 0 Å². The molecule has 130 valence electrons. The third kappa shape index (κ3) is 3.05. The summed E-state index contributed by atoms with van der Waals surface area (Å²) in [5.41, 5.74) is 18.1. The van der Waals surface area contributed by atoms with Crippen molar-refractivity contribution in [2.75, 3.05) is 12.3 Å². The Labute approximate surface area is 139 Å². The highest BCUT2D eigenvalue weighted by Crippen LogP contribution is 2.33. The minimum atomic E-state index is -0.795. The topological polar surface area (TPSA) is 122 Å². The summed E-state index contributed by atoms with van der Waals surface area (Å²) in [4.78, 5) is 11.9. The molecule has 2 aromatic rings. The lowest BCUT2D eigenvalue weighted by molar-refractivity contribution is 0.0993. The fourth-order valence-electron chi connectivity index (χ4n) is 2.49. The summed E-state index contributed by atoms with van der Waals surface area (Å²) in [5.74, 6) is -1.26. The van der Waals surface area contributed by atoms with Crippen LogP contribution >= 0.6 is 0 Å². The van der Waals surface area contributed by atoms with Crippen molar-refractivity contribution in [3.8, 4) is 11.4 Å². The van der Waals surface area contributed by atoms with Crippen molar-refractivity contribution in [2.45, 2.75) is 33.2 Å². The number of carbonyl (C=O) groups excluding carboxylic acids is 1. The van der Waals surface area contributed by atoms with Crippen LogP contribution in [-0.2, 0) is 6.54 Å². The van der Waals surface area contributed by atoms with Crippen LogP contribution in [0.25, 0.3) is 5.69 Å². The predicted octanol–water partition coefficient (Wildman–Crippen LogP) is 1.67. The van der Waals surface area contributed by atoms with Crippen molar-refractivity contribution >= 4 is 11.6 Å². The highest BCUT2D eigenvalue weighted by Gasteiger charge is 2.26. The van der Waals surface area contributed by atoms with E-state index in [0.29, 0.717) is 17.9 Å². The molecule has 0 unspecified atom stereocenters. The molecule has 8 heteroatoms. The highest BCUT2D eigenvalue weighted by molar-refractivity contribution is 5.97. The molecule has 6 N–H and O–H groups in total. The summed E-state index contributed by atoms with van der Waals surface area (Å²) in [5, 5.41) is 4.30. The summed E-state index contributed by atoms with van der Waals surface area (Å²) >= 11 is 0. The van der Waals surface area contributed by atoms with E-state index in [4.69, 9.17) is 21.9 Å². The molecule has 0 radical (unpaired) electrons. The van der Waals surface area contributed by atoms with E-state index < -0.39 is 11.7 Å². The normalized spacial score (nSPS) is 11.1. The molecule has 0 saturated heterocycles. The lowest BCUT2D eigenvalue weighted by Gasteiger charge is -2.14. The number of rotatable bonds is 6. The van der Waals surface area contributed by atoms with Gasteiger partial charge >= 0.3 is 0 Å². The lowest BCUT2D eigenvalue weighted by Crippen LogP contribution is -2.19. The standard InChI is InChI=1S/C16H22FN5O2/c1-4-24-11-6-9(7-18)5-10(17)14(11)22-15(16(20)23)12(19)13(21-22)8(2)3/h5-6,8H,4,7,18-19H2,1-3H3,(H2,20,23). The van der Waals surface area contributed by atoms with Crippen molar-refractivity contribution in [1.82, 2.24) is 9.78 Å². The molecule has 1 heterocycles. The third-order valence-corrected chi connectivity index (χ3v) is 3.57. The van der Waals surface area contributed by atoms with Gasteiger partial charge in [0.25, 0.3) is 5.91 Å². The molecule has 0 saturated carbocycles. The van der Waals surface area contributed by atoms with Crippen LogP contribution in [0.15, 0.2) is 12.1 Å². The summed E-state index contributed by atoms with van der Waals surface area (Å²) in [6.45, 7) is 5.96. The van der Waals surface area contributed by atoms with E-state index in [2.05, 4.69) is 5.10 Å². The number of benzene rings is 1. The van der Waals surface area contributed by atoms with Gasteiger partial charge in [-0.25, -0.2) is 9.07 Å². The first-order chi connectivity index (χ1) is 11.3. The minimum Gasteiger partial charge on any atom is -0.491 e. The molecule has 1 aromatic carbocycles. The number of nitrogen functional groups attached to an aromatic ring is 1. The van der Waals surface area contributed by atoms with Crippen molar-refractivity contribution in [3.63, 3.8) is 0 Å². The summed E-state index contributed by atoms with van der Waals surface area (Å²) < 4.78 is 21.3. The molecular formula is C16H22FN5O2. The van der Waals surface area contributed by atoms with Crippen LogP contribution in [0.3, 0.4) is 0 Å². The van der Waals surface area contributed by atoms with Gasteiger partial charge in [0.2, 0.25) is 0 Å². The summed E-state index contributed by atoms with van der Waals surface area (Å²) in [7, 11) is 0. The Hall–Kier alpha value is -2.61. The molecule has 0 aliphatic carbocycles.